The van der Waals surface area contributed by atoms with Gasteiger partial charge in [0.2, 0.25) is 0 Å². The third-order valence-corrected chi connectivity index (χ3v) is 1.93. The van der Waals surface area contributed by atoms with Crippen molar-refractivity contribution in [1.29, 1.82) is 0 Å². The van der Waals surface area contributed by atoms with Crippen LogP contribution in [0.15, 0.2) is 29.2 Å². The number of benzene rings is 1. The topological polar surface area (TPSA) is 46.5 Å². The van der Waals surface area contributed by atoms with Crippen LogP contribution in [-0.4, -0.2) is 15.4 Å². The standard InChI is InChI=1S/C7H6F2O3S.Na.H/c8-7(9)12-5-1-3-6(4-2-5)13(10)11;;/h1-4,7H,(H,10,11);;/q;+1;-1. The van der Waals surface area contributed by atoms with E-state index in [-0.39, 0.29) is 41.6 Å². The summed E-state index contributed by atoms with van der Waals surface area (Å²) in [4.78, 5) is 0.140. The average Bonchev–Trinajstić information content (AvgIpc) is 2.04. The summed E-state index contributed by atoms with van der Waals surface area (Å²) >= 11 is -2.09. The predicted octanol–water partition coefficient (Wildman–Crippen LogP) is -1.01. The van der Waals surface area contributed by atoms with Crippen LogP contribution in [0.3, 0.4) is 0 Å². The molecule has 0 radical (unpaired) electrons. The Morgan fingerprint density at radius 3 is 2.21 bits per heavy atom. The van der Waals surface area contributed by atoms with Gasteiger partial charge >= 0.3 is 36.2 Å². The second-order valence-corrected chi connectivity index (χ2v) is 3.07. The summed E-state index contributed by atoms with van der Waals surface area (Å²) in [6, 6.07) is 4.90. The van der Waals surface area contributed by atoms with E-state index in [4.69, 9.17) is 4.55 Å². The number of rotatable bonds is 3. The quantitative estimate of drug-likeness (QED) is 0.536. The number of ether oxygens (including phenoxy) is 1. The zero-order valence-electron chi connectivity index (χ0n) is 8.31. The first kappa shape index (κ1) is 14.0. The van der Waals surface area contributed by atoms with Crippen molar-refractivity contribution in [3.63, 3.8) is 0 Å². The molecule has 1 rings (SSSR count). The van der Waals surface area contributed by atoms with Crippen molar-refractivity contribution in [3.05, 3.63) is 24.3 Å². The minimum atomic E-state index is -2.88. The Labute approximate surface area is 106 Å². The molecule has 0 aliphatic carbocycles. The molecule has 0 spiro atoms. The second kappa shape index (κ2) is 6.47. The molecule has 1 N–H and O–H groups in total. The van der Waals surface area contributed by atoms with Gasteiger partial charge < -0.3 is 10.7 Å². The first-order valence-corrected chi connectivity index (χ1v) is 4.36. The SMILES string of the molecule is O=S(O)c1ccc(OC(F)F)cc1.[H-].[Na+]. The first-order chi connectivity index (χ1) is 6.09. The average molecular weight is 232 g/mol. The minimum absolute atomic E-state index is 0. The Bertz CT molecular complexity index is 310. The fourth-order valence-corrected chi connectivity index (χ4v) is 1.11. The Hall–Kier alpha value is -0.0100. The number of alkyl halides is 2. The van der Waals surface area contributed by atoms with Gasteiger partial charge in [0.1, 0.15) is 5.75 Å². The van der Waals surface area contributed by atoms with Crippen LogP contribution in [0.5, 0.6) is 5.75 Å². The van der Waals surface area contributed by atoms with E-state index < -0.39 is 17.7 Å². The molecular weight excluding hydrogens is 225 g/mol. The molecule has 1 aromatic carbocycles. The molecule has 1 atom stereocenters. The molecule has 0 bridgehead atoms. The van der Waals surface area contributed by atoms with Crippen molar-refractivity contribution < 1.29 is 53.3 Å². The van der Waals surface area contributed by atoms with Crippen molar-refractivity contribution in [2.75, 3.05) is 0 Å². The van der Waals surface area contributed by atoms with Gasteiger partial charge in [-0.3, -0.25) is 0 Å². The third kappa shape index (κ3) is 4.47. The van der Waals surface area contributed by atoms with Crippen LogP contribution in [-0.2, 0) is 11.1 Å². The molecule has 0 fully saturated rings. The minimum Gasteiger partial charge on any atom is -1.00 e. The molecule has 1 aromatic rings. The normalized spacial score (nSPS) is 12.0. The van der Waals surface area contributed by atoms with Gasteiger partial charge in [-0.05, 0) is 24.3 Å². The largest absolute Gasteiger partial charge is 1.00 e. The summed E-state index contributed by atoms with van der Waals surface area (Å²) in [7, 11) is 0. The maximum Gasteiger partial charge on any atom is 1.00 e. The predicted molar refractivity (Wildman–Crippen MR) is 43.2 cm³/mol. The summed E-state index contributed by atoms with van der Waals surface area (Å²) in [6.07, 6.45) is 0. The Morgan fingerprint density at radius 2 is 1.86 bits per heavy atom. The van der Waals surface area contributed by atoms with E-state index in [0.717, 1.165) is 0 Å². The Kier molecular flexibility index (Phi) is 6.46. The van der Waals surface area contributed by atoms with Gasteiger partial charge in [-0.15, -0.1) is 0 Å². The summed E-state index contributed by atoms with van der Waals surface area (Å²) in [6.45, 7) is -2.88. The summed E-state index contributed by atoms with van der Waals surface area (Å²) in [5.74, 6) is -0.0378. The first-order valence-electron chi connectivity index (χ1n) is 3.25. The van der Waals surface area contributed by atoms with Crippen LogP contribution in [0.1, 0.15) is 1.43 Å². The molecule has 0 saturated carbocycles. The van der Waals surface area contributed by atoms with Crippen molar-refractivity contribution >= 4 is 11.1 Å². The number of hydrogen-bond donors (Lipinski definition) is 1. The van der Waals surface area contributed by atoms with E-state index in [9.17, 15) is 13.0 Å². The fourth-order valence-electron chi connectivity index (χ4n) is 0.737. The van der Waals surface area contributed by atoms with Crippen LogP contribution in [0.4, 0.5) is 8.78 Å². The van der Waals surface area contributed by atoms with E-state index in [1.54, 1.807) is 0 Å². The monoisotopic (exact) mass is 232 g/mol. The summed E-state index contributed by atoms with van der Waals surface area (Å²) in [5.41, 5.74) is 0. The Morgan fingerprint density at radius 1 is 1.36 bits per heavy atom. The van der Waals surface area contributed by atoms with E-state index in [1.807, 2.05) is 0 Å². The van der Waals surface area contributed by atoms with Gasteiger partial charge in [0, 0.05) is 0 Å². The molecule has 0 heterocycles. The number of halogens is 2. The Balaban J connectivity index is 0. The molecule has 0 aliphatic heterocycles. The van der Waals surface area contributed by atoms with Gasteiger partial charge in [0.15, 0.2) is 11.1 Å². The third-order valence-electron chi connectivity index (χ3n) is 1.25. The van der Waals surface area contributed by atoms with Crippen molar-refractivity contribution in [3.8, 4) is 5.75 Å². The molecular formula is C7H7F2NaO3S. The van der Waals surface area contributed by atoms with Crippen LogP contribution in [0.25, 0.3) is 0 Å². The van der Waals surface area contributed by atoms with Crippen molar-refractivity contribution in [1.82, 2.24) is 0 Å². The molecule has 74 valence electrons. The molecule has 0 aromatic heterocycles. The van der Waals surface area contributed by atoms with E-state index >= 15 is 0 Å². The summed E-state index contributed by atoms with van der Waals surface area (Å²) < 4.78 is 46.4. The van der Waals surface area contributed by atoms with Crippen molar-refractivity contribution in [2.24, 2.45) is 0 Å². The van der Waals surface area contributed by atoms with Crippen LogP contribution in [0.2, 0.25) is 0 Å². The molecule has 0 saturated heterocycles. The van der Waals surface area contributed by atoms with E-state index in [1.165, 1.54) is 24.3 Å². The molecule has 14 heavy (non-hydrogen) atoms. The van der Waals surface area contributed by atoms with Crippen LogP contribution >= 0.6 is 0 Å². The maximum absolute atomic E-state index is 11.6. The molecule has 0 amide bonds. The van der Waals surface area contributed by atoms with Crippen LogP contribution < -0.4 is 34.3 Å². The van der Waals surface area contributed by atoms with Gasteiger partial charge in [-0.2, -0.15) is 8.78 Å². The molecule has 0 aliphatic rings. The van der Waals surface area contributed by atoms with Crippen LogP contribution in [0, 0.1) is 0 Å². The molecule has 1 unspecified atom stereocenters. The zero-order chi connectivity index (χ0) is 9.84. The smallest absolute Gasteiger partial charge is 1.00 e. The van der Waals surface area contributed by atoms with Gasteiger partial charge in [-0.1, -0.05) is 0 Å². The second-order valence-electron chi connectivity index (χ2n) is 2.10. The summed E-state index contributed by atoms with van der Waals surface area (Å²) in [5, 5.41) is 0. The maximum atomic E-state index is 11.6. The fraction of sp³-hybridized carbons (Fsp3) is 0.143. The van der Waals surface area contributed by atoms with E-state index in [2.05, 4.69) is 4.74 Å². The molecule has 3 nitrogen and oxygen atoms in total. The number of hydrogen-bond acceptors (Lipinski definition) is 2. The van der Waals surface area contributed by atoms with Crippen molar-refractivity contribution in [2.45, 2.75) is 11.5 Å². The van der Waals surface area contributed by atoms with E-state index in [0.29, 0.717) is 0 Å². The zero-order valence-corrected chi connectivity index (χ0v) is 10.1. The van der Waals surface area contributed by atoms with Gasteiger partial charge in [-0.25, -0.2) is 4.21 Å². The van der Waals surface area contributed by atoms with Gasteiger partial charge in [0.25, 0.3) is 0 Å². The molecule has 7 heteroatoms. The van der Waals surface area contributed by atoms with Gasteiger partial charge in [0.05, 0.1) is 4.90 Å².